The van der Waals surface area contributed by atoms with Gasteiger partial charge >= 0.3 is 0 Å². The summed E-state index contributed by atoms with van der Waals surface area (Å²) in [5.41, 5.74) is 5.30. The van der Waals surface area contributed by atoms with Gasteiger partial charge in [-0.15, -0.1) is 0 Å². The Labute approximate surface area is 110 Å². The van der Waals surface area contributed by atoms with Crippen LogP contribution in [0.2, 0.25) is 0 Å². The Kier molecular flexibility index (Phi) is 9.86. The molecule has 0 saturated carbocycles. The predicted octanol–water partition coefficient (Wildman–Crippen LogP) is -0.567. The van der Waals surface area contributed by atoms with Crippen molar-refractivity contribution in [3.63, 3.8) is 0 Å². The summed E-state index contributed by atoms with van der Waals surface area (Å²) in [6.07, 6.45) is 0.684. The molecule has 6 heteroatoms. The molecule has 0 fully saturated rings. The highest BCUT2D eigenvalue weighted by Crippen LogP contribution is 2.03. The number of hydrogen-bond donors (Lipinski definition) is 2. The molecule has 0 bridgehead atoms. The molecule has 3 N–H and O–H groups in total. The molecule has 0 aromatic carbocycles. The van der Waals surface area contributed by atoms with E-state index in [9.17, 15) is 4.79 Å². The average Bonchev–Trinajstić information content (AvgIpc) is 2.33. The molecule has 2 atom stereocenters. The van der Waals surface area contributed by atoms with E-state index in [-0.39, 0.29) is 18.0 Å². The van der Waals surface area contributed by atoms with E-state index in [2.05, 4.69) is 17.1 Å². The molecule has 0 aromatic heterocycles. The molecular formula is C12H27N3O3. The normalized spacial score (nSPS) is 14.7. The van der Waals surface area contributed by atoms with Crippen LogP contribution in [0.15, 0.2) is 0 Å². The molecule has 0 aliphatic heterocycles. The first kappa shape index (κ1) is 17.3. The van der Waals surface area contributed by atoms with Crippen molar-refractivity contribution in [1.82, 2.24) is 10.2 Å². The summed E-state index contributed by atoms with van der Waals surface area (Å²) in [5.74, 6) is -0.316. The van der Waals surface area contributed by atoms with Crippen molar-refractivity contribution in [2.45, 2.75) is 25.4 Å². The van der Waals surface area contributed by atoms with Crippen LogP contribution in [-0.2, 0) is 14.3 Å². The highest BCUT2D eigenvalue weighted by Gasteiger charge is 2.18. The fourth-order valence-electron chi connectivity index (χ4n) is 1.83. The average molecular weight is 261 g/mol. The third-order valence-electron chi connectivity index (χ3n) is 3.01. The quantitative estimate of drug-likeness (QED) is 0.521. The maximum Gasteiger partial charge on any atom is 0.234 e. The molecule has 0 rings (SSSR count). The third-order valence-corrected chi connectivity index (χ3v) is 3.01. The van der Waals surface area contributed by atoms with E-state index in [1.165, 1.54) is 0 Å². The van der Waals surface area contributed by atoms with E-state index >= 15 is 0 Å². The molecule has 0 aliphatic carbocycles. The van der Waals surface area contributed by atoms with Gasteiger partial charge in [-0.1, -0.05) is 0 Å². The van der Waals surface area contributed by atoms with Crippen LogP contribution in [0.4, 0.5) is 0 Å². The second-order valence-corrected chi connectivity index (χ2v) is 4.37. The number of methoxy groups -OCH3 is 2. The highest BCUT2D eigenvalue weighted by atomic mass is 16.5. The number of amides is 1. The molecule has 0 saturated heterocycles. The van der Waals surface area contributed by atoms with Crippen LogP contribution in [0.5, 0.6) is 0 Å². The lowest BCUT2D eigenvalue weighted by Gasteiger charge is -2.29. The minimum atomic E-state index is -0.316. The van der Waals surface area contributed by atoms with Gasteiger partial charge < -0.3 is 20.5 Å². The maximum atomic E-state index is 11.1. The van der Waals surface area contributed by atoms with Crippen LogP contribution in [0.1, 0.15) is 13.3 Å². The summed E-state index contributed by atoms with van der Waals surface area (Å²) < 4.78 is 10.2. The van der Waals surface area contributed by atoms with E-state index in [0.29, 0.717) is 19.6 Å². The van der Waals surface area contributed by atoms with Gasteiger partial charge in [0.2, 0.25) is 5.91 Å². The summed E-state index contributed by atoms with van der Waals surface area (Å²) in [6.45, 7) is 5.01. The Bertz CT molecular complexity index is 227. The lowest BCUT2D eigenvalue weighted by atomic mass is 10.1. The molecule has 0 aromatic rings. The van der Waals surface area contributed by atoms with Gasteiger partial charge in [0.1, 0.15) is 0 Å². The molecular weight excluding hydrogens is 234 g/mol. The SMILES string of the molecule is CNC(CCN(CCOC)C(C)COC)C(N)=O. The van der Waals surface area contributed by atoms with E-state index in [1.54, 1.807) is 21.3 Å². The zero-order valence-electron chi connectivity index (χ0n) is 11.9. The number of hydrogen-bond acceptors (Lipinski definition) is 5. The first-order valence-electron chi connectivity index (χ1n) is 6.25. The van der Waals surface area contributed by atoms with Crippen molar-refractivity contribution < 1.29 is 14.3 Å². The Morgan fingerprint density at radius 3 is 2.44 bits per heavy atom. The van der Waals surface area contributed by atoms with Gasteiger partial charge in [-0.05, 0) is 20.4 Å². The number of carbonyl (C=O) groups is 1. The summed E-state index contributed by atoms with van der Waals surface area (Å²) in [6, 6.07) is 0.000299. The number of primary amides is 1. The molecule has 0 spiro atoms. The molecule has 1 amide bonds. The molecule has 2 unspecified atom stereocenters. The topological polar surface area (TPSA) is 76.8 Å². The Morgan fingerprint density at radius 2 is 2.00 bits per heavy atom. The summed E-state index contributed by atoms with van der Waals surface area (Å²) in [7, 11) is 5.11. The monoisotopic (exact) mass is 261 g/mol. The van der Waals surface area contributed by atoms with Gasteiger partial charge in [0.05, 0.1) is 19.3 Å². The van der Waals surface area contributed by atoms with Gasteiger partial charge in [-0.3, -0.25) is 9.69 Å². The fraction of sp³-hybridized carbons (Fsp3) is 0.917. The van der Waals surface area contributed by atoms with Crippen LogP contribution in [0.3, 0.4) is 0 Å². The fourth-order valence-corrected chi connectivity index (χ4v) is 1.83. The highest BCUT2D eigenvalue weighted by molar-refractivity contribution is 5.79. The number of carbonyl (C=O) groups excluding carboxylic acids is 1. The number of nitrogens with two attached hydrogens (primary N) is 1. The van der Waals surface area contributed by atoms with Crippen LogP contribution in [-0.4, -0.2) is 70.5 Å². The van der Waals surface area contributed by atoms with Gasteiger partial charge in [-0.25, -0.2) is 0 Å². The molecule has 18 heavy (non-hydrogen) atoms. The van der Waals surface area contributed by atoms with Crippen molar-refractivity contribution in [3.8, 4) is 0 Å². The second-order valence-electron chi connectivity index (χ2n) is 4.37. The van der Waals surface area contributed by atoms with E-state index in [1.807, 2.05) is 0 Å². The number of likely N-dealkylation sites (N-methyl/N-ethyl adjacent to an activating group) is 1. The van der Waals surface area contributed by atoms with E-state index in [4.69, 9.17) is 15.2 Å². The van der Waals surface area contributed by atoms with Crippen LogP contribution < -0.4 is 11.1 Å². The van der Waals surface area contributed by atoms with Crippen molar-refractivity contribution >= 4 is 5.91 Å². The predicted molar refractivity (Wildman–Crippen MR) is 71.4 cm³/mol. The molecule has 6 nitrogen and oxygen atoms in total. The smallest absolute Gasteiger partial charge is 0.234 e. The Balaban J connectivity index is 4.25. The largest absolute Gasteiger partial charge is 0.383 e. The first-order chi connectivity index (χ1) is 8.56. The van der Waals surface area contributed by atoms with Crippen molar-refractivity contribution in [3.05, 3.63) is 0 Å². The van der Waals surface area contributed by atoms with Gasteiger partial charge in [0.25, 0.3) is 0 Å². The van der Waals surface area contributed by atoms with E-state index < -0.39 is 0 Å². The first-order valence-corrected chi connectivity index (χ1v) is 6.25. The standard InChI is InChI=1S/C12H27N3O3/c1-10(9-18-4)15(7-8-17-3)6-5-11(14-2)12(13)16/h10-11,14H,5-9H2,1-4H3,(H2,13,16). The zero-order chi connectivity index (χ0) is 14.0. The van der Waals surface area contributed by atoms with Crippen LogP contribution >= 0.6 is 0 Å². The van der Waals surface area contributed by atoms with Crippen molar-refractivity contribution in [2.24, 2.45) is 5.73 Å². The minimum Gasteiger partial charge on any atom is -0.383 e. The Hall–Kier alpha value is -0.690. The van der Waals surface area contributed by atoms with Gasteiger partial charge in [0, 0.05) is 33.4 Å². The summed E-state index contributed by atoms with van der Waals surface area (Å²) >= 11 is 0. The summed E-state index contributed by atoms with van der Waals surface area (Å²) in [4.78, 5) is 13.4. The number of nitrogens with one attached hydrogen (secondary N) is 1. The van der Waals surface area contributed by atoms with Crippen molar-refractivity contribution in [2.75, 3.05) is 47.6 Å². The van der Waals surface area contributed by atoms with Gasteiger partial charge in [0.15, 0.2) is 0 Å². The van der Waals surface area contributed by atoms with Gasteiger partial charge in [-0.2, -0.15) is 0 Å². The zero-order valence-corrected chi connectivity index (χ0v) is 11.9. The molecule has 0 aliphatic rings. The minimum absolute atomic E-state index is 0.287. The number of nitrogens with zero attached hydrogens (tertiary/aromatic N) is 1. The lowest BCUT2D eigenvalue weighted by molar-refractivity contribution is -0.120. The lowest BCUT2D eigenvalue weighted by Crippen LogP contribution is -2.45. The molecule has 108 valence electrons. The van der Waals surface area contributed by atoms with Crippen LogP contribution in [0.25, 0.3) is 0 Å². The summed E-state index contributed by atoms with van der Waals surface area (Å²) in [5, 5.41) is 2.92. The van der Waals surface area contributed by atoms with Crippen LogP contribution in [0, 0.1) is 0 Å². The van der Waals surface area contributed by atoms with E-state index in [0.717, 1.165) is 13.1 Å². The second kappa shape index (κ2) is 10.3. The molecule has 0 heterocycles. The number of ether oxygens (including phenoxy) is 2. The molecule has 0 radical (unpaired) electrons. The van der Waals surface area contributed by atoms with Crippen molar-refractivity contribution in [1.29, 1.82) is 0 Å². The number of rotatable bonds is 11. The Morgan fingerprint density at radius 1 is 1.33 bits per heavy atom. The maximum absolute atomic E-state index is 11.1. The third kappa shape index (κ3) is 6.90.